The molecule has 0 aromatic heterocycles. The van der Waals surface area contributed by atoms with Crippen molar-refractivity contribution in [2.24, 2.45) is 0 Å². The van der Waals surface area contributed by atoms with Crippen LogP contribution in [0.3, 0.4) is 0 Å². The Hall–Kier alpha value is -1.10. The highest BCUT2D eigenvalue weighted by molar-refractivity contribution is 5.74. The number of aliphatic carboxylic acids is 1. The van der Waals surface area contributed by atoms with Gasteiger partial charge in [0, 0.05) is 6.54 Å². The van der Waals surface area contributed by atoms with E-state index >= 15 is 0 Å². The average Bonchev–Trinajstić information content (AvgIpc) is 1.89. The number of likely N-dealkylation sites (N-methyl/N-ethyl adjacent to an activating group) is 1. The van der Waals surface area contributed by atoms with E-state index in [0.29, 0.717) is 6.41 Å². The molecule has 0 aliphatic carbocycles. The minimum atomic E-state index is -0.975. The van der Waals surface area contributed by atoms with Crippen LogP contribution in [-0.2, 0) is 9.59 Å². The van der Waals surface area contributed by atoms with Crippen LogP contribution in [0.15, 0.2) is 0 Å². The third-order valence-corrected chi connectivity index (χ3v) is 1.05. The van der Waals surface area contributed by atoms with Gasteiger partial charge >= 0.3 is 5.97 Å². The van der Waals surface area contributed by atoms with E-state index < -0.39 is 12.0 Å². The molecule has 58 valence electrons. The Labute approximate surface area is 58.4 Å². The third kappa shape index (κ3) is 3.03. The van der Waals surface area contributed by atoms with E-state index in [1.807, 2.05) is 0 Å². The summed E-state index contributed by atoms with van der Waals surface area (Å²) in [4.78, 5) is 19.9. The highest BCUT2D eigenvalue weighted by Crippen LogP contribution is 1.77. The molecule has 0 saturated carbocycles. The van der Waals surface area contributed by atoms with Crippen molar-refractivity contribution in [2.75, 3.05) is 13.6 Å². The Bertz CT molecular complexity index is 126. The summed E-state index contributed by atoms with van der Waals surface area (Å²) in [5, 5.41) is 13.2. The maximum Gasteiger partial charge on any atom is 0.322 e. The largest absolute Gasteiger partial charge is 0.480 e. The molecule has 0 saturated heterocycles. The van der Waals surface area contributed by atoms with Gasteiger partial charge < -0.3 is 15.7 Å². The summed E-state index contributed by atoms with van der Waals surface area (Å²) in [6.07, 6.45) is 0.466. The van der Waals surface area contributed by atoms with Gasteiger partial charge in [0.1, 0.15) is 6.04 Å². The van der Waals surface area contributed by atoms with Gasteiger partial charge in [-0.3, -0.25) is 9.59 Å². The molecular formula is C5H10N2O3. The number of rotatable bonds is 5. The van der Waals surface area contributed by atoms with Crippen molar-refractivity contribution in [3.63, 3.8) is 0 Å². The number of carbonyl (C=O) groups excluding carboxylic acids is 1. The Balaban J connectivity index is 3.60. The molecule has 0 spiro atoms. The lowest BCUT2D eigenvalue weighted by atomic mass is 10.3. The Morgan fingerprint density at radius 3 is 2.70 bits per heavy atom. The summed E-state index contributed by atoms with van der Waals surface area (Å²) in [6, 6.07) is -0.704. The highest BCUT2D eigenvalue weighted by Gasteiger charge is 2.12. The number of carboxylic acids is 1. The van der Waals surface area contributed by atoms with Crippen molar-refractivity contribution in [3.8, 4) is 0 Å². The van der Waals surface area contributed by atoms with E-state index in [-0.39, 0.29) is 6.54 Å². The van der Waals surface area contributed by atoms with Crippen LogP contribution in [0.1, 0.15) is 0 Å². The minimum absolute atomic E-state index is 0.106. The van der Waals surface area contributed by atoms with Crippen LogP contribution in [-0.4, -0.2) is 37.1 Å². The van der Waals surface area contributed by atoms with Gasteiger partial charge in [-0.05, 0) is 7.05 Å². The van der Waals surface area contributed by atoms with E-state index in [1.54, 1.807) is 0 Å². The lowest BCUT2D eigenvalue weighted by Gasteiger charge is -2.08. The lowest BCUT2D eigenvalue weighted by molar-refractivity contribution is -0.139. The standard InChI is InChI=1S/C5H10N2O3/c1-6-4(5(9)10)2-7-3-8/h3-4,6H,2H2,1H3,(H,7,8)(H,9,10)/t4-/m1/s1. The highest BCUT2D eigenvalue weighted by atomic mass is 16.4. The number of carbonyl (C=O) groups is 2. The quantitative estimate of drug-likeness (QED) is 0.408. The minimum Gasteiger partial charge on any atom is -0.480 e. The fourth-order valence-corrected chi connectivity index (χ4v) is 0.479. The topological polar surface area (TPSA) is 78.4 Å². The SMILES string of the molecule is CN[C@H](CNC=O)C(=O)O. The molecule has 5 heteroatoms. The molecule has 0 fully saturated rings. The molecule has 10 heavy (non-hydrogen) atoms. The number of amides is 1. The fraction of sp³-hybridized carbons (Fsp3) is 0.600. The Morgan fingerprint density at radius 1 is 1.80 bits per heavy atom. The van der Waals surface area contributed by atoms with Crippen LogP contribution in [0.25, 0.3) is 0 Å². The molecule has 5 nitrogen and oxygen atoms in total. The van der Waals surface area contributed by atoms with Crippen LogP contribution in [0.4, 0.5) is 0 Å². The number of carboxylic acid groups (broad SMARTS) is 1. The second-order valence-corrected chi connectivity index (χ2v) is 1.71. The molecule has 0 rings (SSSR count). The first-order valence-corrected chi connectivity index (χ1v) is 2.79. The summed E-state index contributed by atoms with van der Waals surface area (Å²) in [5.41, 5.74) is 0. The van der Waals surface area contributed by atoms with Crippen molar-refractivity contribution in [3.05, 3.63) is 0 Å². The van der Waals surface area contributed by atoms with Crippen LogP contribution in [0.5, 0.6) is 0 Å². The molecule has 0 radical (unpaired) electrons. The zero-order valence-electron chi connectivity index (χ0n) is 5.63. The Kier molecular flexibility index (Phi) is 4.23. The van der Waals surface area contributed by atoms with Gasteiger partial charge in [-0.1, -0.05) is 0 Å². The van der Waals surface area contributed by atoms with Gasteiger partial charge in [0.15, 0.2) is 0 Å². The lowest BCUT2D eigenvalue weighted by Crippen LogP contribution is -2.42. The maximum atomic E-state index is 10.2. The van der Waals surface area contributed by atoms with Crippen molar-refractivity contribution in [2.45, 2.75) is 6.04 Å². The third-order valence-electron chi connectivity index (χ3n) is 1.05. The monoisotopic (exact) mass is 146 g/mol. The predicted molar refractivity (Wildman–Crippen MR) is 34.6 cm³/mol. The van der Waals surface area contributed by atoms with Crippen molar-refractivity contribution < 1.29 is 14.7 Å². The predicted octanol–water partition coefficient (Wildman–Crippen LogP) is -1.59. The molecule has 0 aromatic carbocycles. The molecule has 1 amide bonds. The molecule has 0 aromatic rings. The van der Waals surface area contributed by atoms with E-state index in [4.69, 9.17) is 5.11 Å². The van der Waals surface area contributed by atoms with Crippen molar-refractivity contribution in [1.29, 1.82) is 0 Å². The van der Waals surface area contributed by atoms with Gasteiger partial charge in [0.2, 0.25) is 6.41 Å². The van der Waals surface area contributed by atoms with Crippen LogP contribution in [0, 0.1) is 0 Å². The summed E-state index contributed by atoms with van der Waals surface area (Å²) in [5.74, 6) is -0.975. The van der Waals surface area contributed by atoms with E-state index in [9.17, 15) is 9.59 Å². The number of hydrogen-bond donors (Lipinski definition) is 3. The molecule has 0 unspecified atom stereocenters. The Morgan fingerprint density at radius 2 is 2.40 bits per heavy atom. The van der Waals surface area contributed by atoms with Gasteiger partial charge in [0.25, 0.3) is 0 Å². The van der Waals surface area contributed by atoms with Crippen molar-refractivity contribution in [1.82, 2.24) is 10.6 Å². The summed E-state index contributed by atoms with van der Waals surface area (Å²) < 4.78 is 0. The molecule has 0 aliphatic rings. The molecule has 1 atom stereocenters. The zero-order valence-corrected chi connectivity index (χ0v) is 5.63. The van der Waals surface area contributed by atoms with Gasteiger partial charge in [-0.25, -0.2) is 0 Å². The summed E-state index contributed by atoms with van der Waals surface area (Å²) >= 11 is 0. The smallest absolute Gasteiger partial charge is 0.322 e. The molecule has 3 N–H and O–H groups in total. The second-order valence-electron chi connectivity index (χ2n) is 1.71. The molecule has 0 aliphatic heterocycles. The fourth-order valence-electron chi connectivity index (χ4n) is 0.479. The summed E-state index contributed by atoms with van der Waals surface area (Å²) in [7, 11) is 1.52. The molecular weight excluding hydrogens is 136 g/mol. The first-order chi connectivity index (χ1) is 4.72. The van der Waals surface area contributed by atoms with Crippen LogP contribution in [0.2, 0.25) is 0 Å². The zero-order chi connectivity index (χ0) is 7.98. The maximum absolute atomic E-state index is 10.2. The van der Waals surface area contributed by atoms with Crippen molar-refractivity contribution >= 4 is 12.4 Å². The van der Waals surface area contributed by atoms with Crippen LogP contribution < -0.4 is 10.6 Å². The van der Waals surface area contributed by atoms with Gasteiger partial charge in [-0.15, -0.1) is 0 Å². The van der Waals surface area contributed by atoms with E-state index in [1.165, 1.54) is 7.05 Å². The van der Waals surface area contributed by atoms with E-state index in [0.717, 1.165) is 0 Å². The van der Waals surface area contributed by atoms with E-state index in [2.05, 4.69) is 10.6 Å². The normalized spacial score (nSPS) is 12.1. The number of hydrogen-bond acceptors (Lipinski definition) is 3. The molecule has 0 bridgehead atoms. The second kappa shape index (κ2) is 4.75. The summed E-state index contributed by atoms with van der Waals surface area (Å²) in [6.45, 7) is 0.106. The first kappa shape index (κ1) is 8.90. The number of nitrogens with one attached hydrogen (secondary N) is 2. The average molecular weight is 146 g/mol. The first-order valence-electron chi connectivity index (χ1n) is 2.79. The van der Waals surface area contributed by atoms with Crippen LogP contribution >= 0.6 is 0 Å². The van der Waals surface area contributed by atoms with Gasteiger partial charge in [0.05, 0.1) is 0 Å². The molecule has 0 heterocycles. The van der Waals surface area contributed by atoms with Gasteiger partial charge in [-0.2, -0.15) is 0 Å².